The van der Waals surface area contributed by atoms with Gasteiger partial charge in [0, 0.05) is 70.5 Å². The normalized spacial score (nSPS) is 11.8. The Balaban J connectivity index is 1.02. The molecule has 11 rings (SSSR count). The molecule has 0 aliphatic rings. The Morgan fingerprint density at radius 3 is 1.92 bits per heavy atom. The van der Waals surface area contributed by atoms with Gasteiger partial charge in [0.05, 0.1) is 11.0 Å². The first-order valence-electron chi connectivity index (χ1n) is 17.6. The molecule has 0 aliphatic carbocycles. The number of benzene rings is 8. The van der Waals surface area contributed by atoms with E-state index < -0.39 is 0 Å². The fourth-order valence-electron chi connectivity index (χ4n) is 7.97. The van der Waals surface area contributed by atoms with Crippen LogP contribution in [0.3, 0.4) is 0 Å². The first kappa shape index (κ1) is 29.1. The molecule has 0 saturated carbocycles. The first-order valence-corrected chi connectivity index (χ1v) is 18.4. The zero-order chi connectivity index (χ0) is 34.2. The van der Waals surface area contributed by atoms with E-state index in [0.29, 0.717) is 0 Å². The molecule has 0 spiro atoms. The molecule has 0 radical (unpaired) electrons. The molecule has 0 saturated heterocycles. The first-order chi connectivity index (χ1) is 25.8. The molecule has 0 amide bonds. The van der Waals surface area contributed by atoms with E-state index in [9.17, 15) is 0 Å². The standard InChI is InChI=1S/C48H30N2OS/c1-3-11-33(12-4-1)49(36-21-24-39-38-16-8-10-18-45(38)51-46(39)30-36)35-22-26-47-42(29-35)40-23-19-32(28-48(40)52-47)31-20-25-44-41(27-31)37-15-7-9-17-43(37)50(44)34-13-5-2-6-14-34/h1-30H. The molecule has 52 heavy (non-hydrogen) atoms. The Labute approximate surface area is 303 Å². The minimum absolute atomic E-state index is 0.886. The lowest BCUT2D eigenvalue weighted by molar-refractivity contribution is 0.669. The maximum atomic E-state index is 6.32. The second-order valence-corrected chi connectivity index (χ2v) is 14.4. The third-order valence-corrected chi connectivity index (χ3v) is 11.5. The SMILES string of the molecule is c1ccc(N(c2ccc3c(c2)oc2ccccc23)c2ccc3sc4cc(-c5ccc6c(c5)c5ccccc5n6-c5ccccc5)ccc4c3c2)cc1. The van der Waals surface area contributed by atoms with Crippen molar-refractivity contribution in [3.63, 3.8) is 0 Å². The number of rotatable bonds is 5. The Bertz CT molecular complexity index is 3130. The van der Waals surface area contributed by atoms with Crippen molar-refractivity contribution >= 4 is 92.3 Å². The number of thiophene rings is 1. The number of para-hydroxylation sites is 4. The quantitative estimate of drug-likeness (QED) is 0.180. The zero-order valence-electron chi connectivity index (χ0n) is 28.0. The molecule has 0 unspecified atom stereocenters. The van der Waals surface area contributed by atoms with Gasteiger partial charge in [0.2, 0.25) is 0 Å². The van der Waals surface area contributed by atoms with E-state index in [0.717, 1.165) is 39.0 Å². The maximum absolute atomic E-state index is 6.32. The van der Waals surface area contributed by atoms with Crippen molar-refractivity contribution in [3.05, 3.63) is 182 Å². The van der Waals surface area contributed by atoms with Gasteiger partial charge in [-0.05, 0) is 96.1 Å². The largest absolute Gasteiger partial charge is 0.456 e. The van der Waals surface area contributed by atoms with Gasteiger partial charge in [0.25, 0.3) is 0 Å². The summed E-state index contributed by atoms with van der Waals surface area (Å²) >= 11 is 1.86. The van der Waals surface area contributed by atoms with E-state index in [2.05, 4.69) is 179 Å². The van der Waals surface area contributed by atoms with Crippen LogP contribution in [-0.2, 0) is 0 Å². The summed E-state index contributed by atoms with van der Waals surface area (Å²) in [7, 11) is 0. The van der Waals surface area contributed by atoms with Gasteiger partial charge in [-0.15, -0.1) is 11.3 Å². The lowest BCUT2D eigenvalue weighted by Gasteiger charge is -2.25. The minimum atomic E-state index is 0.886. The number of fused-ring (bicyclic) bond motifs is 9. The van der Waals surface area contributed by atoms with Gasteiger partial charge in [-0.1, -0.05) is 91.0 Å². The van der Waals surface area contributed by atoms with Crippen LogP contribution in [0.4, 0.5) is 17.1 Å². The van der Waals surface area contributed by atoms with Crippen LogP contribution in [0.2, 0.25) is 0 Å². The summed E-state index contributed by atoms with van der Waals surface area (Å²) in [6.45, 7) is 0. The van der Waals surface area contributed by atoms with Crippen LogP contribution in [0.5, 0.6) is 0 Å². The molecule has 0 N–H and O–H groups in total. The molecule has 3 aromatic heterocycles. The van der Waals surface area contributed by atoms with Crippen LogP contribution >= 0.6 is 11.3 Å². The van der Waals surface area contributed by atoms with E-state index in [1.807, 2.05) is 23.5 Å². The lowest BCUT2D eigenvalue weighted by atomic mass is 10.0. The summed E-state index contributed by atoms with van der Waals surface area (Å²) < 4.78 is 11.2. The van der Waals surface area contributed by atoms with Gasteiger partial charge in [-0.25, -0.2) is 0 Å². The number of hydrogen-bond acceptors (Lipinski definition) is 3. The highest BCUT2D eigenvalue weighted by molar-refractivity contribution is 7.25. The fourth-order valence-corrected chi connectivity index (χ4v) is 9.10. The predicted octanol–water partition coefficient (Wildman–Crippen LogP) is 14.2. The second-order valence-electron chi connectivity index (χ2n) is 13.4. The molecule has 8 aromatic carbocycles. The van der Waals surface area contributed by atoms with E-state index >= 15 is 0 Å². The highest BCUT2D eigenvalue weighted by Gasteiger charge is 2.18. The van der Waals surface area contributed by atoms with E-state index in [1.54, 1.807) is 0 Å². The summed E-state index contributed by atoms with van der Waals surface area (Å²) in [5, 5.41) is 7.33. The minimum Gasteiger partial charge on any atom is -0.456 e. The van der Waals surface area contributed by atoms with Gasteiger partial charge < -0.3 is 13.9 Å². The third kappa shape index (κ3) is 4.51. The summed E-state index contributed by atoms with van der Waals surface area (Å²) in [4.78, 5) is 2.32. The number of aromatic nitrogens is 1. The summed E-state index contributed by atoms with van der Waals surface area (Å²) in [5.74, 6) is 0. The second kappa shape index (κ2) is 11.5. The fraction of sp³-hybridized carbons (Fsp3) is 0. The summed E-state index contributed by atoms with van der Waals surface area (Å²) in [5.41, 5.74) is 11.1. The Hall–Kier alpha value is -6.62. The molecular formula is C48H30N2OS. The van der Waals surface area contributed by atoms with Crippen LogP contribution in [0.1, 0.15) is 0 Å². The molecular weight excluding hydrogens is 653 g/mol. The Kier molecular flexibility index (Phi) is 6.42. The van der Waals surface area contributed by atoms with Crippen molar-refractivity contribution in [1.29, 1.82) is 0 Å². The van der Waals surface area contributed by atoms with Gasteiger partial charge in [-0.3, -0.25) is 0 Å². The molecule has 3 heterocycles. The van der Waals surface area contributed by atoms with Crippen molar-refractivity contribution in [2.75, 3.05) is 4.90 Å². The molecule has 244 valence electrons. The lowest BCUT2D eigenvalue weighted by Crippen LogP contribution is -2.09. The molecule has 11 aromatic rings. The molecule has 0 fully saturated rings. The van der Waals surface area contributed by atoms with Crippen LogP contribution in [0, 0.1) is 0 Å². The van der Waals surface area contributed by atoms with Crippen molar-refractivity contribution < 1.29 is 4.42 Å². The van der Waals surface area contributed by atoms with Crippen LogP contribution in [0.15, 0.2) is 186 Å². The van der Waals surface area contributed by atoms with Crippen molar-refractivity contribution in [1.82, 2.24) is 4.57 Å². The third-order valence-electron chi connectivity index (χ3n) is 10.4. The molecule has 4 heteroatoms. The van der Waals surface area contributed by atoms with E-state index in [1.165, 1.54) is 58.8 Å². The Morgan fingerprint density at radius 1 is 0.385 bits per heavy atom. The average molecular weight is 683 g/mol. The summed E-state index contributed by atoms with van der Waals surface area (Å²) in [6.07, 6.45) is 0. The molecule has 0 bridgehead atoms. The zero-order valence-corrected chi connectivity index (χ0v) is 28.8. The van der Waals surface area contributed by atoms with Gasteiger partial charge >= 0.3 is 0 Å². The van der Waals surface area contributed by atoms with Gasteiger partial charge in [0.15, 0.2) is 0 Å². The maximum Gasteiger partial charge on any atom is 0.137 e. The molecule has 0 atom stereocenters. The van der Waals surface area contributed by atoms with Crippen LogP contribution < -0.4 is 4.90 Å². The summed E-state index contributed by atoms with van der Waals surface area (Å²) in [6, 6.07) is 65.5. The topological polar surface area (TPSA) is 21.3 Å². The van der Waals surface area contributed by atoms with Gasteiger partial charge in [-0.2, -0.15) is 0 Å². The number of furan rings is 1. The Morgan fingerprint density at radius 2 is 1.04 bits per heavy atom. The number of anilines is 3. The van der Waals surface area contributed by atoms with Gasteiger partial charge in [0.1, 0.15) is 11.2 Å². The highest BCUT2D eigenvalue weighted by Crippen LogP contribution is 2.43. The number of hydrogen-bond donors (Lipinski definition) is 0. The molecule has 0 aliphatic heterocycles. The van der Waals surface area contributed by atoms with Crippen molar-refractivity contribution in [2.45, 2.75) is 0 Å². The van der Waals surface area contributed by atoms with Crippen LogP contribution in [0.25, 0.3) is 80.7 Å². The average Bonchev–Trinajstić information content (AvgIpc) is 3.87. The van der Waals surface area contributed by atoms with E-state index in [-0.39, 0.29) is 0 Å². The van der Waals surface area contributed by atoms with Crippen LogP contribution in [-0.4, -0.2) is 4.57 Å². The van der Waals surface area contributed by atoms with Crippen molar-refractivity contribution in [3.8, 4) is 16.8 Å². The smallest absolute Gasteiger partial charge is 0.137 e. The molecule has 3 nitrogen and oxygen atoms in total. The monoisotopic (exact) mass is 682 g/mol. The van der Waals surface area contributed by atoms with Crippen molar-refractivity contribution in [2.24, 2.45) is 0 Å². The van der Waals surface area contributed by atoms with E-state index in [4.69, 9.17) is 4.42 Å². The predicted molar refractivity (Wildman–Crippen MR) is 221 cm³/mol. The highest BCUT2D eigenvalue weighted by atomic mass is 32.1. The number of nitrogens with zero attached hydrogens (tertiary/aromatic N) is 2.